The van der Waals surface area contributed by atoms with Crippen LogP contribution >= 0.6 is 0 Å². The van der Waals surface area contributed by atoms with Crippen molar-refractivity contribution in [2.75, 3.05) is 0 Å². The summed E-state index contributed by atoms with van der Waals surface area (Å²) in [5.74, 6) is 0.356. The second-order valence-corrected chi connectivity index (χ2v) is 2.02. The molecule has 0 atom stereocenters. The molecular weight excluding hydrogens is 151 g/mol. The topological polar surface area (TPSA) is 20.2 Å². The first-order valence-electron chi connectivity index (χ1n) is 3.11. The molecule has 0 heterocycles. The van der Waals surface area contributed by atoms with Gasteiger partial charge in [-0.1, -0.05) is 19.1 Å². The molecule has 0 aliphatic rings. The first-order valence-corrected chi connectivity index (χ1v) is 3.11. The monoisotopic (exact) mass is 162 g/mol. The Bertz CT molecular complexity index is 198. The first-order chi connectivity index (χ1) is 4.33. The van der Waals surface area contributed by atoms with E-state index in [1.807, 2.05) is 12.1 Å². The minimum atomic E-state index is 0. The van der Waals surface area contributed by atoms with Gasteiger partial charge in [-0.05, 0) is 24.1 Å². The van der Waals surface area contributed by atoms with Gasteiger partial charge < -0.3 is 5.11 Å². The number of phenolic OH excluding ortho intramolecular Hbond substituents is 1. The molecule has 1 rings (SSSR count). The van der Waals surface area contributed by atoms with Crippen LogP contribution in [0.3, 0.4) is 0 Å². The van der Waals surface area contributed by atoms with E-state index < -0.39 is 0 Å². The van der Waals surface area contributed by atoms with E-state index in [9.17, 15) is 0 Å². The SMILES string of the molecule is CCc1cccc(O)c1.[KH]. The van der Waals surface area contributed by atoms with Crippen LogP contribution in [0, 0.1) is 0 Å². The van der Waals surface area contributed by atoms with Gasteiger partial charge in [-0.3, -0.25) is 0 Å². The predicted octanol–water partition coefficient (Wildman–Crippen LogP) is 1.31. The Morgan fingerprint density at radius 3 is 2.50 bits per heavy atom. The van der Waals surface area contributed by atoms with Crippen LogP contribution in [0.4, 0.5) is 0 Å². The summed E-state index contributed by atoms with van der Waals surface area (Å²) in [6, 6.07) is 7.31. The van der Waals surface area contributed by atoms with Crippen LogP contribution in [0.5, 0.6) is 5.75 Å². The molecule has 1 aromatic carbocycles. The molecule has 1 nitrogen and oxygen atoms in total. The van der Waals surface area contributed by atoms with Gasteiger partial charge in [-0.15, -0.1) is 0 Å². The number of aryl methyl sites for hydroxylation is 1. The van der Waals surface area contributed by atoms with E-state index in [1.165, 1.54) is 5.56 Å². The molecule has 0 saturated heterocycles. The van der Waals surface area contributed by atoms with Crippen LogP contribution in [0.1, 0.15) is 12.5 Å². The molecule has 0 aliphatic carbocycles. The number of rotatable bonds is 1. The summed E-state index contributed by atoms with van der Waals surface area (Å²) >= 11 is 0. The Morgan fingerprint density at radius 2 is 2.10 bits per heavy atom. The number of benzene rings is 1. The van der Waals surface area contributed by atoms with Gasteiger partial charge >= 0.3 is 51.4 Å². The molecule has 1 aromatic rings. The van der Waals surface area contributed by atoms with E-state index in [4.69, 9.17) is 5.11 Å². The summed E-state index contributed by atoms with van der Waals surface area (Å²) in [6.07, 6.45) is 0.981. The van der Waals surface area contributed by atoms with Crippen LogP contribution in [0.2, 0.25) is 0 Å². The molecule has 2 heteroatoms. The molecule has 0 fully saturated rings. The van der Waals surface area contributed by atoms with Gasteiger partial charge in [0.15, 0.2) is 0 Å². The van der Waals surface area contributed by atoms with E-state index in [0.717, 1.165) is 6.42 Å². The average molecular weight is 162 g/mol. The third-order valence-corrected chi connectivity index (χ3v) is 1.32. The zero-order chi connectivity index (χ0) is 6.69. The second-order valence-electron chi connectivity index (χ2n) is 2.02. The number of phenols is 1. The molecule has 0 aliphatic heterocycles. The Labute approximate surface area is 104 Å². The summed E-state index contributed by atoms with van der Waals surface area (Å²) < 4.78 is 0. The third kappa shape index (κ3) is 3.17. The molecule has 50 valence electrons. The maximum absolute atomic E-state index is 8.94. The zero-order valence-electron chi connectivity index (χ0n) is 5.46. The van der Waals surface area contributed by atoms with Crippen molar-refractivity contribution in [3.05, 3.63) is 29.8 Å². The van der Waals surface area contributed by atoms with Crippen molar-refractivity contribution in [3.63, 3.8) is 0 Å². The zero-order valence-corrected chi connectivity index (χ0v) is 5.46. The minimum absolute atomic E-state index is 0. The van der Waals surface area contributed by atoms with Crippen LogP contribution in [0.25, 0.3) is 0 Å². The molecule has 0 bridgehead atoms. The Hall–Kier alpha value is 0.656. The van der Waals surface area contributed by atoms with Crippen molar-refractivity contribution in [1.29, 1.82) is 0 Å². The van der Waals surface area contributed by atoms with Crippen LogP contribution in [-0.2, 0) is 6.42 Å². The standard InChI is InChI=1S/C8H10O.K.H/c1-2-7-4-3-5-8(9)6-7;;/h3-6,9H,2H2,1H3;;. The van der Waals surface area contributed by atoms with E-state index >= 15 is 0 Å². The molecule has 10 heavy (non-hydrogen) atoms. The van der Waals surface area contributed by atoms with E-state index in [1.54, 1.807) is 12.1 Å². The Balaban J connectivity index is 0.000000810. The molecule has 0 unspecified atom stereocenters. The van der Waals surface area contributed by atoms with E-state index in [2.05, 4.69) is 6.92 Å². The molecule has 0 spiro atoms. The summed E-state index contributed by atoms with van der Waals surface area (Å²) in [7, 11) is 0. The van der Waals surface area contributed by atoms with Crippen molar-refractivity contribution < 1.29 is 5.11 Å². The quantitative estimate of drug-likeness (QED) is 0.617. The van der Waals surface area contributed by atoms with Gasteiger partial charge in [0.25, 0.3) is 0 Å². The molecule has 0 amide bonds. The normalized spacial score (nSPS) is 8.50. The van der Waals surface area contributed by atoms with Crippen LogP contribution in [0.15, 0.2) is 24.3 Å². The van der Waals surface area contributed by atoms with Crippen molar-refractivity contribution in [1.82, 2.24) is 0 Å². The van der Waals surface area contributed by atoms with Crippen molar-refractivity contribution >= 4 is 51.4 Å². The van der Waals surface area contributed by atoms with Crippen LogP contribution < -0.4 is 0 Å². The average Bonchev–Trinajstić information content (AvgIpc) is 1.88. The Morgan fingerprint density at radius 1 is 1.40 bits per heavy atom. The van der Waals surface area contributed by atoms with Gasteiger partial charge in [-0.2, -0.15) is 0 Å². The summed E-state index contributed by atoms with van der Waals surface area (Å²) in [5.41, 5.74) is 1.18. The number of hydrogen-bond acceptors (Lipinski definition) is 1. The Kier molecular flexibility index (Phi) is 5.68. The van der Waals surface area contributed by atoms with Gasteiger partial charge in [-0.25, -0.2) is 0 Å². The maximum atomic E-state index is 8.94. The van der Waals surface area contributed by atoms with Crippen molar-refractivity contribution in [2.24, 2.45) is 0 Å². The van der Waals surface area contributed by atoms with E-state index in [0.29, 0.717) is 5.75 Å². The fourth-order valence-electron chi connectivity index (χ4n) is 0.776. The van der Waals surface area contributed by atoms with Gasteiger partial charge in [0.05, 0.1) is 0 Å². The summed E-state index contributed by atoms with van der Waals surface area (Å²) in [6.45, 7) is 2.06. The van der Waals surface area contributed by atoms with Crippen molar-refractivity contribution in [3.8, 4) is 5.75 Å². The fourth-order valence-corrected chi connectivity index (χ4v) is 0.776. The predicted molar refractivity (Wildman–Crippen MR) is 44.6 cm³/mol. The van der Waals surface area contributed by atoms with Gasteiger partial charge in [0, 0.05) is 0 Å². The summed E-state index contributed by atoms with van der Waals surface area (Å²) in [4.78, 5) is 0. The molecule has 1 N–H and O–H groups in total. The molecule has 0 saturated carbocycles. The molecular formula is C8H11KO. The first kappa shape index (κ1) is 10.7. The number of hydrogen-bond donors (Lipinski definition) is 1. The number of aromatic hydroxyl groups is 1. The second kappa shape index (κ2) is 5.33. The van der Waals surface area contributed by atoms with Crippen molar-refractivity contribution in [2.45, 2.75) is 13.3 Å². The van der Waals surface area contributed by atoms with Crippen LogP contribution in [-0.4, -0.2) is 56.5 Å². The molecule has 0 aromatic heterocycles. The van der Waals surface area contributed by atoms with Gasteiger partial charge in [0.1, 0.15) is 5.75 Å². The van der Waals surface area contributed by atoms with E-state index in [-0.39, 0.29) is 51.4 Å². The van der Waals surface area contributed by atoms with Gasteiger partial charge in [0.2, 0.25) is 0 Å². The summed E-state index contributed by atoms with van der Waals surface area (Å²) in [5, 5.41) is 8.94. The fraction of sp³-hybridized carbons (Fsp3) is 0.250. The molecule has 0 radical (unpaired) electrons. The third-order valence-electron chi connectivity index (χ3n) is 1.32.